The number of nitrogens with one attached hydrogen (secondary N) is 1. The minimum absolute atomic E-state index is 0.718. The van der Waals surface area contributed by atoms with Crippen LogP contribution in [0.15, 0.2) is 30.6 Å². The van der Waals surface area contributed by atoms with Crippen molar-refractivity contribution in [1.29, 1.82) is 0 Å². The van der Waals surface area contributed by atoms with Crippen LogP contribution in [0, 0.1) is 0 Å². The molecule has 0 atom stereocenters. The lowest BCUT2D eigenvalue weighted by molar-refractivity contribution is 0.737. The SMILES string of the molecule is CCc1ccc(-n2cnnc2CNC)cc1. The molecule has 0 amide bonds. The molecule has 1 heterocycles. The van der Waals surface area contributed by atoms with Gasteiger partial charge in [0, 0.05) is 5.69 Å². The topological polar surface area (TPSA) is 42.7 Å². The van der Waals surface area contributed by atoms with Gasteiger partial charge >= 0.3 is 0 Å². The summed E-state index contributed by atoms with van der Waals surface area (Å²) in [5, 5.41) is 11.1. The monoisotopic (exact) mass is 216 g/mol. The molecule has 4 heteroatoms. The van der Waals surface area contributed by atoms with Gasteiger partial charge in [-0.2, -0.15) is 0 Å². The van der Waals surface area contributed by atoms with E-state index in [0.29, 0.717) is 0 Å². The molecule has 0 aliphatic carbocycles. The zero-order chi connectivity index (χ0) is 11.4. The van der Waals surface area contributed by atoms with Crippen LogP contribution >= 0.6 is 0 Å². The summed E-state index contributed by atoms with van der Waals surface area (Å²) < 4.78 is 2.00. The summed E-state index contributed by atoms with van der Waals surface area (Å²) in [6.07, 6.45) is 2.81. The van der Waals surface area contributed by atoms with Crippen LogP contribution in [0.2, 0.25) is 0 Å². The van der Waals surface area contributed by atoms with Crippen molar-refractivity contribution in [2.24, 2.45) is 0 Å². The summed E-state index contributed by atoms with van der Waals surface area (Å²) in [6, 6.07) is 8.47. The number of nitrogens with zero attached hydrogens (tertiary/aromatic N) is 3. The Morgan fingerprint density at radius 2 is 2.00 bits per heavy atom. The molecule has 1 aromatic heterocycles. The van der Waals surface area contributed by atoms with E-state index in [1.165, 1.54) is 5.56 Å². The van der Waals surface area contributed by atoms with E-state index < -0.39 is 0 Å². The second kappa shape index (κ2) is 4.90. The Labute approximate surface area is 95.3 Å². The molecule has 2 rings (SSSR count). The normalized spacial score (nSPS) is 10.6. The average Bonchev–Trinajstić information content (AvgIpc) is 2.78. The molecular formula is C12H16N4. The van der Waals surface area contributed by atoms with E-state index in [2.05, 4.69) is 46.7 Å². The van der Waals surface area contributed by atoms with Crippen molar-refractivity contribution in [3.63, 3.8) is 0 Å². The van der Waals surface area contributed by atoms with E-state index in [0.717, 1.165) is 24.5 Å². The second-order valence-electron chi connectivity index (χ2n) is 3.67. The van der Waals surface area contributed by atoms with Crippen molar-refractivity contribution < 1.29 is 0 Å². The van der Waals surface area contributed by atoms with Crippen LogP contribution in [0.3, 0.4) is 0 Å². The number of aromatic nitrogens is 3. The van der Waals surface area contributed by atoms with Crippen LogP contribution in [0.1, 0.15) is 18.3 Å². The Balaban J connectivity index is 2.31. The fourth-order valence-corrected chi connectivity index (χ4v) is 1.65. The van der Waals surface area contributed by atoms with Gasteiger partial charge in [0.1, 0.15) is 6.33 Å². The average molecular weight is 216 g/mol. The maximum absolute atomic E-state index is 4.08. The van der Waals surface area contributed by atoms with Gasteiger partial charge in [0.2, 0.25) is 0 Å². The van der Waals surface area contributed by atoms with E-state index in [1.54, 1.807) is 6.33 Å². The largest absolute Gasteiger partial charge is 0.313 e. The molecule has 0 spiro atoms. The third-order valence-electron chi connectivity index (χ3n) is 2.58. The van der Waals surface area contributed by atoms with Crippen LogP contribution in [-0.2, 0) is 13.0 Å². The summed E-state index contributed by atoms with van der Waals surface area (Å²) >= 11 is 0. The number of aryl methyl sites for hydroxylation is 1. The lowest BCUT2D eigenvalue weighted by Crippen LogP contribution is -2.11. The summed E-state index contributed by atoms with van der Waals surface area (Å²) in [6.45, 7) is 2.87. The minimum atomic E-state index is 0.718. The highest BCUT2D eigenvalue weighted by Crippen LogP contribution is 2.11. The van der Waals surface area contributed by atoms with Crippen LogP contribution in [0.25, 0.3) is 5.69 Å². The molecule has 0 saturated carbocycles. The first-order valence-corrected chi connectivity index (χ1v) is 5.48. The Bertz CT molecular complexity index is 444. The minimum Gasteiger partial charge on any atom is -0.313 e. The van der Waals surface area contributed by atoms with Crippen molar-refractivity contribution in [3.05, 3.63) is 42.0 Å². The molecule has 2 aromatic rings. The summed E-state index contributed by atoms with van der Waals surface area (Å²) in [4.78, 5) is 0. The van der Waals surface area contributed by atoms with Gasteiger partial charge in [-0.05, 0) is 31.2 Å². The molecule has 0 fully saturated rings. The van der Waals surface area contributed by atoms with Gasteiger partial charge in [0.25, 0.3) is 0 Å². The maximum Gasteiger partial charge on any atom is 0.151 e. The lowest BCUT2D eigenvalue weighted by Gasteiger charge is -2.06. The van der Waals surface area contributed by atoms with Gasteiger partial charge in [-0.25, -0.2) is 0 Å². The zero-order valence-electron chi connectivity index (χ0n) is 9.64. The molecule has 0 radical (unpaired) electrons. The van der Waals surface area contributed by atoms with Crippen molar-refractivity contribution in [2.75, 3.05) is 7.05 Å². The molecule has 1 aromatic carbocycles. The highest BCUT2D eigenvalue weighted by Gasteiger charge is 2.04. The highest BCUT2D eigenvalue weighted by atomic mass is 15.3. The molecule has 0 unspecified atom stereocenters. The van der Waals surface area contributed by atoms with Gasteiger partial charge in [0.15, 0.2) is 5.82 Å². The Morgan fingerprint density at radius 3 is 2.62 bits per heavy atom. The van der Waals surface area contributed by atoms with Gasteiger partial charge in [-0.3, -0.25) is 4.57 Å². The van der Waals surface area contributed by atoms with Crippen molar-refractivity contribution in [1.82, 2.24) is 20.1 Å². The predicted octanol–water partition coefficient (Wildman–Crippen LogP) is 1.55. The molecule has 16 heavy (non-hydrogen) atoms. The quantitative estimate of drug-likeness (QED) is 0.843. The molecule has 0 bridgehead atoms. The fourth-order valence-electron chi connectivity index (χ4n) is 1.65. The number of hydrogen-bond donors (Lipinski definition) is 1. The van der Waals surface area contributed by atoms with Gasteiger partial charge in [0.05, 0.1) is 6.54 Å². The third-order valence-corrected chi connectivity index (χ3v) is 2.58. The van der Waals surface area contributed by atoms with Crippen molar-refractivity contribution in [2.45, 2.75) is 19.9 Å². The van der Waals surface area contributed by atoms with Crippen LogP contribution in [-0.4, -0.2) is 21.8 Å². The summed E-state index contributed by atoms with van der Waals surface area (Å²) in [5.74, 6) is 0.923. The first-order valence-electron chi connectivity index (χ1n) is 5.48. The maximum atomic E-state index is 4.08. The zero-order valence-corrected chi connectivity index (χ0v) is 9.64. The molecular weight excluding hydrogens is 200 g/mol. The number of hydrogen-bond acceptors (Lipinski definition) is 3. The van der Waals surface area contributed by atoms with Crippen LogP contribution < -0.4 is 5.32 Å². The smallest absolute Gasteiger partial charge is 0.151 e. The van der Waals surface area contributed by atoms with E-state index >= 15 is 0 Å². The van der Waals surface area contributed by atoms with Gasteiger partial charge in [-0.15, -0.1) is 10.2 Å². The predicted molar refractivity (Wildman–Crippen MR) is 63.5 cm³/mol. The van der Waals surface area contributed by atoms with Crippen LogP contribution in [0.5, 0.6) is 0 Å². The molecule has 0 aliphatic rings. The third kappa shape index (κ3) is 2.12. The van der Waals surface area contributed by atoms with E-state index in [4.69, 9.17) is 0 Å². The number of benzene rings is 1. The van der Waals surface area contributed by atoms with E-state index in [9.17, 15) is 0 Å². The Kier molecular flexibility index (Phi) is 3.31. The summed E-state index contributed by atoms with van der Waals surface area (Å²) in [5.41, 5.74) is 2.44. The standard InChI is InChI=1S/C12H16N4/c1-3-10-4-6-11(7-5-10)16-9-14-15-12(16)8-13-2/h4-7,9,13H,3,8H2,1-2H3. The number of rotatable bonds is 4. The first kappa shape index (κ1) is 10.8. The fraction of sp³-hybridized carbons (Fsp3) is 0.333. The Hall–Kier alpha value is -1.68. The van der Waals surface area contributed by atoms with E-state index in [1.807, 2.05) is 11.6 Å². The molecule has 4 nitrogen and oxygen atoms in total. The molecule has 0 saturated heterocycles. The van der Waals surface area contributed by atoms with Crippen molar-refractivity contribution >= 4 is 0 Å². The molecule has 84 valence electrons. The van der Waals surface area contributed by atoms with Crippen molar-refractivity contribution in [3.8, 4) is 5.69 Å². The van der Waals surface area contributed by atoms with E-state index in [-0.39, 0.29) is 0 Å². The Morgan fingerprint density at radius 1 is 1.25 bits per heavy atom. The second-order valence-corrected chi connectivity index (χ2v) is 3.67. The highest BCUT2D eigenvalue weighted by molar-refractivity contribution is 5.35. The summed E-state index contributed by atoms with van der Waals surface area (Å²) in [7, 11) is 1.90. The lowest BCUT2D eigenvalue weighted by atomic mass is 10.1. The first-order chi connectivity index (χ1) is 7.85. The van der Waals surface area contributed by atoms with Gasteiger partial charge in [-0.1, -0.05) is 19.1 Å². The van der Waals surface area contributed by atoms with Gasteiger partial charge < -0.3 is 5.32 Å². The molecule has 1 N–H and O–H groups in total. The van der Waals surface area contributed by atoms with Crippen LogP contribution in [0.4, 0.5) is 0 Å². The molecule has 0 aliphatic heterocycles.